The lowest BCUT2D eigenvalue weighted by Crippen LogP contribution is -2.10. The highest BCUT2D eigenvalue weighted by molar-refractivity contribution is 4.94. The van der Waals surface area contributed by atoms with Crippen LogP contribution in [0.4, 0.5) is 0 Å². The first kappa shape index (κ1) is 4.57. The average Bonchev–Trinajstić information content (AvgIpc) is 2.44. The molecule has 7 heavy (non-hydrogen) atoms. The number of ether oxygens (including phenoxy) is 1. The monoisotopic (exact) mass is 99.0 g/mol. The first-order chi connectivity index (χ1) is 3.34. The molecule has 1 aliphatic heterocycles. The molecule has 0 aliphatic carbocycles. The van der Waals surface area contributed by atoms with E-state index < -0.39 is 6.10 Å². The quantitative estimate of drug-likeness (QED) is 0.348. The van der Waals surface area contributed by atoms with Crippen LogP contribution in [0.2, 0.25) is 0 Å². The third-order valence-corrected chi connectivity index (χ3v) is 0.844. The minimum Gasteiger partial charge on any atom is -0.375 e. The van der Waals surface area contributed by atoms with Crippen LogP contribution in [0.15, 0.2) is 0 Å². The summed E-state index contributed by atoms with van der Waals surface area (Å²) in [5.74, 6) is 0. The second-order valence-corrected chi connectivity index (χ2v) is 1.45. The average molecular weight is 99.1 g/mol. The summed E-state index contributed by atoms with van der Waals surface area (Å²) in [6.07, 6.45) is -1.09. The third kappa shape index (κ3) is 0.889. The van der Waals surface area contributed by atoms with Gasteiger partial charge in [0.05, 0.1) is 12.7 Å². The molecule has 3 heteroatoms. The zero-order valence-corrected chi connectivity index (χ0v) is 3.66. The van der Waals surface area contributed by atoms with Crippen molar-refractivity contribution in [2.75, 3.05) is 6.61 Å². The lowest BCUT2D eigenvalue weighted by Gasteiger charge is -1.87. The van der Waals surface area contributed by atoms with Crippen molar-refractivity contribution >= 4 is 0 Å². The van der Waals surface area contributed by atoms with E-state index in [2.05, 4.69) is 4.74 Å². The molecule has 0 aromatic rings. The number of hydrogen-bond acceptors (Lipinski definition) is 3. The van der Waals surface area contributed by atoms with Gasteiger partial charge in [-0.1, -0.05) is 0 Å². The highest BCUT2D eigenvalue weighted by atomic mass is 16.6. The Morgan fingerprint density at radius 1 is 2.00 bits per heavy atom. The Kier molecular flexibility index (Phi) is 0.970. The molecule has 1 aliphatic rings. The summed E-state index contributed by atoms with van der Waals surface area (Å²) >= 11 is 0. The highest BCUT2D eigenvalue weighted by Crippen LogP contribution is 2.12. The normalized spacial score (nSPS) is 31.1. The van der Waals surface area contributed by atoms with Crippen molar-refractivity contribution in [3.63, 3.8) is 0 Å². The summed E-state index contributed by atoms with van der Waals surface area (Å²) < 4.78 is 4.59. The van der Waals surface area contributed by atoms with Crippen molar-refractivity contribution in [3.8, 4) is 6.07 Å². The second-order valence-electron chi connectivity index (χ2n) is 1.45. The van der Waals surface area contributed by atoms with Crippen LogP contribution < -0.4 is 0 Å². The van der Waals surface area contributed by atoms with Crippen LogP contribution >= 0.6 is 0 Å². The highest BCUT2D eigenvalue weighted by Gasteiger charge is 2.30. The minimum absolute atomic E-state index is 0.190. The largest absolute Gasteiger partial charge is 0.375 e. The van der Waals surface area contributed by atoms with Crippen LogP contribution in [-0.2, 0) is 4.74 Å². The van der Waals surface area contributed by atoms with E-state index in [0.717, 1.165) is 0 Å². The summed E-state index contributed by atoms with van der Waals surface area (Å²) in [7, 11) is 0. The first-order valence-corrected chi connectivity index (χ1v) is 2.04. The van der Waals surface area contributed by atoms with Gasteiger partial charge in [-0.15, -0.1) is 0 Å². The molecule has 0 unspecified atom stereocenters. The fourth-order valence-corrected chi connectivity index (χ4v) is 0.321. The molecule has 1 saturated heterocycles. The van der Waals surface area contributed by atoms with E-state index in [9.17, 15) is 0 Å². The van der Waals surface area contributed by atoms with Gasteiger partial charge in [-0.3, -0.25) is 0 Å². The van der Waals surface area contributed by atoms with Gasteiger partial charge in [-0.05, 0) is 0 Å². The van der Waals surface area contributed by atoms with Crippen LogP contribution in [0, 0.1) is 11.3 Å². The smallest absolute Gasteiger partial charge is 0.168 e. The Balaban J connectivity index is 2.27. The van der Waals surface area contributed by atoms with E-state index in [4.69, 9.17) is 10.4 Å². The molecule has 38 valence electrons. The Hall–Kier alpha value is -0.590. The molecule has 0 aromatic carbocycles. The first-order valence-electron chi connectivity index (χ1n) is 2.04. The molecule has 3 nitrogen and oxygen atoms in total. The van der Waals surface area contributed by atoms with Crippen molar-refractivity contribution in [1.29, 1.82) is 5.26 Å². The van der Waals surface area contributed by atoms with Gasteiger partial charge >= 0.3 is 0 Å². The van der Waals surface area contributed by atoms with Crippen LogP contribution in [0.3, 0.4) is 0 Å². The number of epoxide rings is 1. The topological polar surface area (TPSA) is 56.5 Å². The predicted octanol–water partition coefficient (Wildman–Crippen LogP) is -0.730. The molecular weight excluding hydrogens is 94.0 g/mol. The summed E-state index contributed by atoms with van der Waals surface area (Å²) in [6.45, 7) is 0.536. The fourth-order valence-electron chi connectivity index (χ4n) is 0.321. The van der Waals surface area contributed by atoms with Gasteiger partial charge in [0, 0.05) is 0 Å². The maximum absolute atomic E-state index is 8.51. The molecule has 0 bridgehead atoms. The van der Waals surface area contributed by atoms with Gasteiger partial charge in [-0.2, -0.15) is 5.26 Å². The van der Waals surface area contributed by atoms with E-state index in [1.165, 1.54) is 0 Å². The number of hydrogen-bond donors (Lipinski definition) is 1. The molecule has 1 N–H and O–H groups in total. The second kappa shape index (κ2) is 1.49. The van der Waals surface area contributed by atoms with Gasteiger partial charge < -0.3 is 9.84 Å². The molecule has 0 aromatic heterocycles. The lowest BCUT2D eigenvalue weighted by molar-refractivity contribution is 0.184. The maximum atomic E-state index is 8.51. The minimum atomic E-state index is -0.903. The van der Waals surface area contributed by atoms with Crippen molar-refractivity contribution in [1.82, 2.24) is 0 Å². The molecule has 0 spiro atoms. The van der Waals surface area contributed by atoms with Crippen molar-refractivity contribution in [2.45, 2.75) is 12.2 Å². The van der Waals surface area contributed by atoms with E-state index in [1.807, 2.05) is 0 Å². The SMILES string of the molecule is N#C[C@H](O)[C@@H]1CO1. The van der Waals surface area contributed by atoms with Crippen LogP contribution in [0.25, 0.3) is 0 Å². The standard InChI is InChI=1S/C4H5NO2/c5-1-3(6)4-2-7-4/h3-4,6H,2H2/t3-,4-/m0/s1. The lowest BCUT2D eigenvalue weighted by atomic mass is 10.3. The summed E-state index contributed by atoms with van der Waals surface area (Å²) in [5, 5.41) is 16.5. The molecule has 1 fully saturated rings. The molecule has 0 saturated carbocycles. The van der Waals surface area contributed by atoms with Gasteiger partial charge in [-0.25, -0.2) is 0 Å². The van der Waals surface area contributed by atoms with E-state index in [-0.39, 0.29) is 6.10 Å². The summed E-state index contributed by atoms with van der Waals surface area (Å²) in [4.78, 5) is 0. The van der Waals surface area contributed by atoms with Gasteiger partial charge in [0.1, 0.15) is 6.10 Å². The Bertz CT molecular complexity index is 103. The fraction of sp³-hybridized carbons (Fsp3) is 0.750. The molecule has 2 atom stereocenters. The van der Waals surface area contributed by atoms with E-state index in [0.29, 0.717) is 6.61 Å². The number of nitriles is 1. The van der Waals surface area contributed by atoms with Gasteiger partial charge in [0.25, 0.3) is 0 Å². The molecule has 1 rings (SSSR count). The van der Waals surface area contributed by atoms with E-state index >= 15 is 0 Å². The summed E-state index contributed by atoms with van der Waals surface area (Å²) in [5.41, 5.74) is 0. The molecule has 0 radical (unpaired) electrons. The Morgan fingerprint density at radius 3 is 2.71 bits per heavy atom. The Morgan fingerprint density at radius 2 is 2.57 bits per heavy atom. The number of nitrogens with zero attached hydrogens (tertiary/aromatic N) is 1. The van der Waals surface area contributed by atoms with Crippen LogP contribution in [-0.4, -0.2) is 23.9 Å². The van der Waals surface area contributed by atoms with Crippen molar-refractivity contribution in [2.24, 2.45) is 0 Å². The van der Waals surface area contributed by atoms with Crippen LogP contribution in [0.5, 0.6) is 0 Å². The molecular formula is C4H5NO2. The molecule has 0 amide bonds. The van der Waals surface area contributed by atoms with Crippen LogP contribution in [0.1, 0.15) is 0 Å². The molecule has 1 heterocycles. The zero-order valence-electron chi connectivity index (χ0n) is 3.66. The van der Waals surface area contributed by atoms with Crippen molar-refractivity contribution < 1.29 is 9.84 Å². The van der Waals surface area contributed by atoms with Gasteiger partial charge in [0.15, 0.2) is 6.10 Å². The number of rotatable bonds is 1. The Labute approximate surface area is 41.1 Å². The van der Waals surface area contributed by atoms with Crippen molar-refractivity contribution in [3.05, 3.63) is 0 Å². The third-order valence-electron chi connectivity index (χ3n) is 0.844. The maximum Gasteiger partial charge on any atom is 0.168 e. The zero-order chi connectivity index (χ0) is 5.28. The van der Waals surface area contributed by atoms with E-state index in [1.54, 1.807) is 6.07 Å². The number of aliphatic hydroxyl groups excluding tert-OH is 1. The summed E-state index contributed by atoms with van der Waals surface area (Å²) in [6, 6.07) is 1.66. The number of aliphatic hydroxyl groups is 1. The van der Waals surface area contributed by atoms with Gasteiger partial charge in [0.2, 0.25) is 0 Å². The predicted molar refractivity (Wildman–Crippen MR) is 21.4 cm³/mol.